The smallest absolute Gasteiger partial charge is 0.140 e. The molecular formula is C19H27N3O. The van der Waals surface area contributed by atoms with Crippen molar-refractivity contribution < 1.29 is 5.11 Å². The van der Waals surface area contributed by atoms with Gasteiger partial charge in [0.2, 0.25) is 0 Å². The van der Waals surface area contributed by atoms with Crippen LogP contribution >= 0.6 is 0 Å². The molecule has 2 heterocycles. The van der Waals surface area contributed by atoms with Crippen LogP contribution in [0.15, 0.2) is 30.6 Å². The van der Waals surface area contributed by atoms with Gasteiger partial charge in [-0.15, -0.1) is 0 Å². The molecule has 1 atom stereocenters. The van der Waals surface area contributed by atoms with Gasteiger partial charge in [-0.2, -0.15) is 0 Å². The van der Waals surface area contributed by atoms with Crippen LogP contribution in [0.2, 0.25) is 0 Å². The number of imidazole rings is 1. The number of aryl methyl sites for hydroxylation is 1. The first-order valence-electron chi connectivity index (χ1n) is 8.73. The van der Waals surface area contributed by atoms with Crippen molar-refractivity contribution in [2.24, 2.45) is 0 Å². The van der Waals surface area contributed by atoms with E-state index in [0.717, 1.165) is 30.8 Å². The lowest BCUT2D eigenvalue weighted by Gasteiger charge is -2.23. The summed E-state index contributed by atoms with van der Waals surface area (Å²) in [7, 11) is 0. The number of piperidine rings is 1. The number of hydrogen-bond acceptors (Lipinski definition) is 3. The third-order valence-corrected chi connectivity index (χ3v) is 4.65. The minimum absolute atomic E-state index is 0.326. The van der Waals surface area contributed by atoms with Gasteiger partial charge in [-0.05, 0) is 69.8 Å². The lowest BCUT2D eigenvalue weighted by molar-refractivity contribution is 0.382. The number of nitrogens with zero attached hydrogens (tertiary/aromatic N) is 2. The number of phenols is 1. The first-order valence-corrected chi connectivity index (χ1v) is 8.73. The van der Waals surface area contributed by atoms with Gasteiger partial charge < -0.3 is 15.0 Å². The maximum Gasteiger partial charge on any atom is 0.140 e. The third-order valence-electron chi connectivity index (χ3n) is 4.65. The van der Waals surface area contributed by atoms with E-state index in [2.05, 4.69) is 34.8 Å². The molecule has 1 aliphatic rings. The zero-order chi connectivity index (χ0) is 16.2. The highest BCUT2D eigenvalue weighted by atomic mass is 16.3. The number of hydrogen-bond donors (Lipinski definition) is 2. The molecule has 0 amide bonds. The summed E-state index contributed by atoms with van der Waals surface area (Å²) in [6.07, 6.45) is 9.83. The second-order valence-corrected chi connectivity index (χ2v) is 6.83. The summed E-state index contributed by atoms with van der Waals surface area (Å²) in [4.78, 5) is 4.48. The molecule has 4 heteroatoms. The molecule has 1 fully saturated rings. The largest absolute Gasteiger partial charge is 0.508 e. The maximum atomic E-state index is 10.1. The van der Waals surface area contributed by atoms with Crippen molar-refractivity contribution in [1.29, 1.82) is 0 Å². The van der Waals surface area contributed by atoms with Crippen LogP contribution in [0.1, 0.15) is 51.1 Å². The van der Waals surface area contributed by atoms with Gasteiger partial charge in [-0.1, -0.05) is 6.42 Å². The average molecular weight is 313 g/mol. The highest BCUT2D eigenvalue weighted by Gasteiger charge is 2.14. The SMILES string of the molecule is CC(C)n1ccnc1-c1cc(O)cc(CCC2CCCCN2)c1. The Morgan fingerprint density at radius 2 is 2.17 bits per heavy atom. The molecule has 0 aliphatic carbocycles. The highest BCUT2D eigenvalue weighted by Crippen LogP contribution is 2.27. The molecule has 1 unspecified atom stereocenters. The number of phenolic OH excluding ortho intramolecular Hbond substituents is 1. The van der Waals surface area contributed by atoms with Crippen LogP contribution in [-0.4, -0.2) is 27.2 Å². The number of aromatic nitrogens is 2. The zero-order valence-electron chi connectivity index (χ0n) is 14.1. The van der Waals surface area contributed by atoms with Crippen molar-refractivity contribution in [3.05, 3.63) is 36.2 Å². The molecule has 1 saturated heterocycles. The molecule has 0 radical (unpaired) electrons. The summed E-state index contributed by atoms with van der Waals surface area (Å²) in [6, 6.07) is 6.83. The summed E-state index contributed by atoms with van der Waals surface area (Å²) in [6.45, 7) is 5.43. The summed E-state index contributed by atoms with van der Waals surface area (Å²) in [5.41, 5.74) is 2.18. The molecule has 2 aromatic rings. The Labute approximate surface area is 138 Å². The Hall–Kier alpha value is -1.81. The maximum absolute atomic E-state index is 10.1. The van der Waals surface area contributed by atoms with E-state index in [1.54, 1.807) is 0 Å². The Balaban J connectivity index is 1.77. The number of nitrogens with one attached hydrogen (secondary N) is 1. The van der Waals surface area contributed by atoms with Crippen molar-refractivity contribution in [2.75, 3.05) is 6.54 Å². The summed E-state index contributed by atoms with van der Waals surface area (Å²) in [5.74, 6) is 1.25. The zero-order valence-corrected chi connectivity index (χ0v) is 14.1. The lowest BCUT2D eigenvalue weighted by Crippen LogP contribution is -2.34. The van der Waals surface area contributed by atoms with Gasteiger partial charge in [-0.3, -0.25) is 0 Å². The van der Waals surface area contributed by atoms with E-state index in [0.29, 0.717) is 17.8 Å². The van der Waals surface area contributed by atoms with Crippen LogP contribution in [0.5, 0.6) is 5.75 Å². The molecule has 23 heavy (non-hydrogen) atoms. The van der Waals surface area contributed by atoms with Gasteiger partial charge in [0, 0.05) is 30.0 Å². The fraction of sp³-hybridized carbons (Fsp3) is 0.526. The van der Waals surface area contributed by atoms with E-state index >= 15 is 0 Å². The van der Waals surface area contributed by atoms with Crippen LogP contribution in [0.25, 0.3) is 11.4 Å². The molecule has 0 bridgehead atoms. The molecule has 1 aliphatic heterocycles. The van der Waals surface area contributed by atoms with Crippen LogP contribution in [0.4, 0.5) is 0 Å². The highest BCUT2D eigenvalue weighted by molar-refractivity contribution is 5.59. The Morgan fingerprint density at radius 3 is 2.91 bits per heavy atom. The molecule has 3 rings (SSSR count). The predicted octanol–water partition coefficient (Wildman–Crippen LogP) is 3.91. The van der Waals surface area contributed by atoms with Crippen LogP contribution < -0.4 is 5.32 Å². The number of rotatable bonds is 5. The third kappa shape index (κ3) is 3.94. The van der Waals surface area contributed by atoms with Crippen LogP contribution in [0, 0.1) is 0 Å². The van der Waals surface area contributed by atoms with Crippen molar-refractivity contribution >= 4 is 0 Å². The Bertz CT molecular complexity index is 642. The van der Waals surface area contributed by atoms with Gasteiger partial charge in [-0.25, -0.2) is 4.98 Å². The Morgan fingerprint density at radius 1 is 1.30 bits per heavy atom. The lowest BCUT2D eigenvalue weighted by atomic mass is 9.97. The van der Waals surface area contributed by atoms with E-state index < -0.39 is 0 Å². The van der Waals surface area contributed by atoms with Gasteiger partial charge in [0.15, 0.2) is 0 Å². The number of aromatic hydroxyl groups is 1. The van der Waals surface area contributed by atoms with Gasteiger partial charge in [0.05, 0.1) is 0 Å². The molecule has 1 aromatic heterocycles. The molecule has 0 saturated carbocycles. The van der Waals surface area contributed by atoms with Crippen molar-refractivity contribution in [3.8, 4) is 17.1 Å². The normalized spacial score (nSPS) is 18.5. The average Bonchev–Trinajstić information content (AvgIpc) is 3.03. The molecule has 124 valence electrons. The van der Waals surface area contributed by atoms with E-state index in [1.165, 1.54) is 24.8 Å². The molecule has 2 N–H and O–H groups in total. The van der Waals surface area contributed by atoms with Crippen molar-refractivity contribution in [1.82, 2.24) is 14.9 Å². The van der Waals surface area contributed by atoms with E-state index in [9.17, 15) is 5.11 Å². The van der Waals surface area contributed by atoms with Crippen LogP contribution in [-0.2, 0) is 6.42 Å². The quantitative estimate of drug-likeness (QED) is 0.880. The van der Waals surface area contributed by atoms with Crippen molar-refractivity contribution in [3.63, 3.8) is 0 Å². The van der Waals surface area contributed by atoms with Gasteiger partial charge >= 0.3 is 0 Å². The second kappa shape index (κ2) is 7.18. The monoisotopic (exact) mass is 313 g/mol. The fourth-order valence-electron chi connectivity index (χ4n) is 3.41. The van der Waals surface area contributed by atoms with E-state index in [1.807, 2.05) is 24.5 Å². The minimum Gasteiger partial charge on any atom is -0.508 e. The van der Waals surface area contributed by atoms with E-state index in [4.69, 9.17) is 0 Å². The topological polar surface area (TPSA) is 50.1 Å². The summed E-state index contributed by atoms with van der Waals surface area (Å²) in [5, 5.41) is 13.7. The second-order valence-electron chi connectivity index (χ2n) is 6.83. The summed E-state index contributed by atoms with van der Waals surface area (Å²) >= 11 is 0. The molecule has 0 spiro atoms. The van der Waals surface area contributed by atoms with Crippen LogP contribution in [0.3, 0.4) is 0 Å². The molecule has 4 nitrogen and oxygen atoms in total. The fourth-order valence-corrected chi connectivity index (χ4v) is 3.41. The number of benzene rings is 1. The first kappa shape index (κ1) is 16.1. The first-order chi connectivity index (χ1) is 11.1. The molecule has 1 aromatic carbocycles. The van der Waals surface area contributed by atoms with Crippen molar-refractivity contribution in [2.45, 2.75) is 58.0 Å². The van der Waals surface area contributed by atoms with E-state index in [-0.39, 0.29) is 0 Å². The summed E-state index contributed by atoms with van der Waals surface area (Å²) < 4.78 is 2.14. The predicted molar refractivity (Wildman–Crippen MR) is 93.7 cm³/mol. The van der Waals surface area contributed by atoms with Gasteiger partial charge in [0.1, 0.15) is 11.6 Å². The molecular weight excluding hydrogens is 286 g/mol. The van der Waals surface area contributed by atoms with Gasteiger partial charge in [0.25, 0.3) is 0 Å². The Kier molecular flexibility index (Phi) is 5.01. The minimum atomic E-state index is 0.326. The standard InChI is InChI=1S/C19H27N3O/c1-14(2)22-10-9-21-19(22)16-11-15(12-18(23)13-16)6-7-17-5-3-4-8-20-17/h9-14,17,20,23H,3-8H2,1-2H3.